The molecule has 1 amide bonds. The van der Waals surface area contributed by atoms with E-state index >= 15 is 0 Å². The number of nitrogens with one attached hydrogen (secondary N) is 2. The maximum atomic E-state index is 12.2. The Morgan fingerprint density at radius 1 is 1.17 bits per heavy atom. The van der Waals surface area contributed by atoms with E-state index in [4.69, 9.17) is 4.74 Å². The quantitative estimate of drug-likeness (QED) is 0.599. The normalized spacial score (nSPS) is 10.2. The van der Waals surface area contributed by atoms with Crippen molar-refractivity contribution in [3.63, 3.8) is 0 Å². The van der Waals surface area contributed by atoms with Crippen molar-refractivity contribution in [3.8, 4) is 0 Å². The molecule has 7 heteroatoms. The Bertz CT molecular complexity index is 686. The van der Waals surface area contributed by atoms with Crippen molar-refractivity contribution < 1.29 is 14.3 Å². The summed E-state index contributed by atoms with van der Waals surface area (Å²) in [5, 5.41) is 5.68. The van der Waals surface area contributed by atoms with Gasteiger partial charge in [0.25, 0.3) is 5.91 Å². The lowest BCUT2D eigenvalue weighted by Gasteiger charge is -2.07. The van der Waals surface area contributed by atoms with E-state index in [1.165, 1.54) is 19.3 Å². The lowest BCUT2D eigenvalue weighted by molar-refractivity contribution is 0.101. The van der Waals surface area contributed by atoms with Gasteiger partial charge in [0, 0.05) is 37.3 Å². The molecule has 2 aromatic rings. The monoisotopic (exact) mass is 314 g/mol. The fourth-order valence-corrected chi connectivity index (χ4v) is 1.82. The largest absolute Gasteiger partial charge is 0.383 e. The minimum atomic E-state index is -0.339. The SMILES string of the molecule is COCCNc1ncc(C(=O)Nc2cccc(C(C)=O)c2)cn1. The summed E-state index contributed by atoms with van der Waals surface area (Å²) in [6.07, 6.45) is 2.87. The third kappa shape index (κ3) is 4.86. The molecule has 0 bridgehead atoms. The predicted molar refractivity (Wildman–Crippen MR) is 86.8 cm³/mol. The molecule has 0 unspecified atom stereocenters. The first-order valence-corrected chi connectivity index (χ1v) is 7.07. The van der Waals surface area contributed by atoms with Gasteiger partial charge < -0.3 is 15.4 Å². The van der Waals surface area contributed by atoms with E-state index < -0.39 is 0 Å². The van der Waals surface area contributed by atoms with Gasteiger partial charge in [-0.25, -0.2) is 9.97 Å². The van der Waals surface area contributed by atoms with Crippen LogP contribution in [0.1, 0.15) is 27.6 Å². The number of carbonyl (C=O) groups is 2. The van der Waals surface area contributed by atoms with Crippen molar-refractivity contribution in [2.24, 2.45) is 0 Å². The van der Waals surface area contributed by atoms with Crippen LogP contribution in [0.2, 0.25) is 0 Å². The van der Waals surface area contributed by atoms with E-state index in [0.29, 0.717) is 35.9 Å². The smallest absolute Gasteiger partial charge is 0.258 e. The zero-order valence-corrected chi connectivity index (χ0v) is 13.0. The van der Waals surface area contributed by atoms with E-state index in [0.717, 1.165) is 0 Å². The van der Waals surface area contributed by atoms with E-state index in [2.05, 4.69) is 20.6 Å². The van der Waals surface area contributed by atoms with Crippen LogP contribution in [0.3, 0.4) is 0 Å². The van der Waals surface area contributed by atoms with Crippen molar-refractivity contribution in [1.29, 1.82) is 0 Å². The summed E-state index contributed by atoms with van der Waals surface area (Å²) < 4.78 is 4.91. The van der Waals surface area contributed by atoms with E-state index in [-0.39, 0.29) is 11.7 Å². The molecule has 7 nitrogen and oxygen atoms in total. The number of nitrogens with zero attached hydrogens (tertiary/aromatic N) is 2. The number of methoxy groups -OCH3 is 1. The summed E-state index contributed by atoms with van der Waals surface area (Å²) >= 11 is 0. The van der Waals surface area contributed by atoms with Crippen molar-refractivity contribution in [3.05, 3.63) is 47.8 Å². The molecular weight excluding hydrogens is 296 g/mol. The number of rotatable bonds is 7. The third-order valence-corrected chi connectivity index (χ3v) is 3.03. The molecule has 1 aromatic carbocycles. The van der Waals surface area contributed by atoms with Crippen LogP contribution in [0.4, 0.5) is 11.6 Å². The van der Waals surface area contributed by atoms with E-state index in [1.54, 1.807) is 31.4 Å². The molecule has 0 aliphatic heterocycles. The zero-order valence-electron chi connectivity index (χ0n) is 13.0. The molecule has 1 aromatic heterocycles. The fourth-order valence-electron chi connectivity index (χ4n) is 1.82. The standard InChI is InChI=1S/C16H18N4O3/c1-11(21)12-4-3-5-14(8-12)20-15(22)13-9-18-16(19-10-13)17-6-7-23-2/h3-5,8-10H,6-7H2,1-2H3,(H,20,22)(H,17,18,19). The van der Waals surface area contributed by atoms with Gasteiger partial charge in [-0.15, -0.1) is 0 Å². The van der Waals surface area contributed by atoms with Crippen LogP contribution >= 0.6 is 0 Å². The number of ketones is 1. The first kappa shape index (κ1) is 16.6. The van der Waals surface area contributed by atoms with Gasteiger partial charge >= 0.3 is 0 Å². The van der Waals surface area contributed by atoms with Gasteiger partial charge in [-0.3, -0.25) is 9.59 Å². The molecule has 1 heterocycles. The number of carbonyl (C=O) groups excluding carboxylic acids is 2. The molecule has 0 radical (unpaired) electrons. The highest BCUT2D eigenvalue weighted by Gasteiger charge is 2.09. The first-order chi connectivity index (χ1) is 11.1. The average Bonchev–Trinajstić information content (AvgIpc) is 2.56. The number of benzene rings is 1. The molecule has 0 spiro atoms. The Balaban J connectivity index is 2.00. The fraction of sp³-hybridized carbons (Fsp3) is 0.250. The number of Topliss-reactive ketones (excluding diaryl/α,β-unsaturated/α-hetero) is 1. The van der Waals surface area contributed by atoms with Gasteiger partial charge in [0.2, 0.25) is 5.95 Å². The predicted octanol–water partition coefficient (Wildman–Crippen LogP) is 1.99. The van der Waals surface area contributed by atoms with E-state index in [9.17, 15) is 9.59 Å². The second-order valence-electron chi connectivity index (χ2n) is 4.81. The Morgan fingerprint density at radius 2 is 1.91 bits per heavy atom. The topological polar surface area (TPSA) is 93.2 Å². The minimum absolute atomic E-state index is 0.0593. The van der Waals surface area contributed by atoms with Crippen LogP contribution in [0.25, 0.3) is 0 Å². The van der Waals surface area contributed by atoms with Crippen molar-refractivity contribution in [1.82, 2.24) is 9.97 Å². The van der Waals surface area contributed by atoms with Crippen LogP contribution in [0, 0.1) is 0 Å². The summed E-state index contributed by atoms with van der Waals surface area (Å²) in [7, 11) is 1.61. The Labute approximate surface area is 134 Å². The van der Waals surface area contributed by atoms with Crippen molar-refractivity contribution in [2.75, 3.05) is 30.9 Å². The molecule has 0 aliphatic carbocycles. The van der Waals surface area contributed by atoms with Crippen LogP contribution in [-0.2, 0) is 4.74 Å². The highest BCUT2D eigenvalue weighted by molar-refractivity contribution is 6.04. The molecule has 120 valence electrons. The summed E-state index contributed by atoms with van der Waals surface area (Å²) in [5.74, 6) is 0.0299. The van der Waals surface area contributed by atoms with Gasteiger partial charge in [0.05, 0.1) is 12.2 Å². The van der Waals surface area contributed by atoms with E-state index in [1.807, 2.05) is 0 Å². The molecule has 23 heavy (non-hydrogen) atoms. The Kier molecular flexibility index (Phi) is 5.76. The summed E-state index contributed by atoms with van der Waals surface area (Å²) in [5.41, 5.74) is 1.41. The molecular formula is C16H18N4O3. The maximum absolute atomic E-state index is 12.2. The Hall–Kier alpha value is -2.80. The summed E-state index contributed by atoms with van der Waals surface area (Å²) in [6.45, 7) is 2.60. The van der Waals surface area contributed by atoms with Crippen LogP contribution in [0.15, 0.2) is 36.7 Å². The molecule has 0 saturated carbocycles. The van der Waals surface area contributed by atoms with Crippen molar-refractivity contribution in [2.45, 2.75) is 6.92 Å². The summed E-state index contributed by atoms with van der Waals surface area (Å²) in [4.78, 5) is 31.6. The van der Waals surface area contributed by atoms with Crippen molar-refractivity contribution >= 4 is 23.3 Å². The second-order valence-corrected chi connectivity index (χ2v) is 4.81. The number of anilines is 2. The minimum Gasteiger partial charge on any atom is -0.383 e. The first-order valence-electron chi connectivity index (χ1n) is 7.07. The zero-order chi connectivity index (χ0) is 16.7. The number of hydrogen-bond acceptors (Lipinski definition) is 6. The molecule has 0 aliphatic rings. The van der Waals surface area contributed by atoms with Crippen LogP contribution < -0.4 is 10.6 Å². The molecule has 2 rings (SSSR count). The maximum Gasteiger partial charge on any atom is 0.258 e. The third-order valence-electron chi connectivity index (χ3n) is 3.03. The number of aromatic nitrogens is 2. The molecule has 0 atom stereocenters. The van der Waals surface area contributed by atoms with Crippen LogP contribution in [-0.4, -0.2) is 41.9 Å². The lowest BCUT2D eigenvalue weighted by atomic mass is 10.1. The molecule has 2 N–H and O–H groups in total. The number of ether oxygens (including phenoxy) is 1. The molecule has 0 fully saturated rings. The molecule has 0 saturated heterocycles. The van der Waals surface area contributed by atoms with Gasteiger partial charge in [-0.1, -0.05) is 12.1 Å². The number of hydrogen-bond donors (Lipinski definition) is 2. The van der Waals surface area contributed by atoms with Gasteiger partial charge in [-0.2, -0.15) is 0 Å². The average molecular weight is 314 g/mol. The van der Waals surface area contributed by atoms with Gasteiger partial charge in [-0.05, 0) is 19.1 Å². The van der Waals surface area contributed by atoms with Crippen LogP contribution in [0.5, 0.6) is 0 Å². The van der Waals surface area contributed by atoms with Gasteiger partial charge in [0.15, 0.2) is 5.78 Å². The highest BCUT2D eigenvalue weighted by Crippen LogP contribution is 2.12. The Morgan fingerprint density at radius 3 is 2.57 bits per heavy atom. The second kappa shape index (κ2) is 8.00. The summed E-state index contributed by atoms with van der Waals surface area (Å²) in [6, 6.07) is 6.75. The lowest BCUT2D eigenvalue weighted by Crippen LogP contribution is -2.14. The van der Waals surface area contributed by atoms with Gasteiger partial charge in [0.1, 0.15) is 0 Å². The highest BCUT2D eigenvalue weighted by atomic mass is 16.5. The number of amides is 1.